The zero-order valence-corrected chi connectivity index (χ0v) is 15.6. The molecule has 0 unspecified atom stereocenters. The van der Waals surface area contributed by atoms with E-state index < -0.39 is 10.0 Å². The fourth-order valence-electron chi connectivity index (χ4n) is 2.04. The number of carbonyl (C=O) groups is 1. The van der Waals surface area contributed by atoms with Gasteiger partial charge in [-0.15, -0.1) is 0 Å². The molecule has 23 heavy (non-hydrogen) atoms. The molecule has 1 amide bonds. The summed E-state index contributed by atoms with van der Waals surface area (Å²) in [6, 6.07) is 4.58. The van der Waals surface area contributed by atoms with Crippen molar-refractivity contribution in [1.29, 1.82) is 0 Å². The minimum absolute atomic E-state index is 0.0124. The van der Waals surface area contributed by atoms with Gasteiger partial charge in [0.25, 0.3) is 0 Å². The summed E-state index contributed by atoms with van der Waals surface area (Å²) in [6.45, 7) is 2.70. The van der Waals surface area contributed by atoms with Crippen molar-refractivity contribution in [2.24, 2.45) is 0 Å². The third kappa shape index (κ3) is 6.97. The average molecular weight is 381 g/mol. The van der Waals surface area contributed by atoms with Crippen LogP contribution in [0, 0.1) is 0 Å². The summed E-state index contributed by atoms with van der Waals surface area (Å²) in [7, 11) is -3.57. The van der Waals surface area contributed by atoms with Gasteiger partial charge in [0.05, 0.1) is 17.0 Å². The molecule has 1 rings (SSSR count). The molecule has 0 atom stereocenters. The number of halogens is 2. The van der Waals surface area contributed by atoms with Gasteiger partial charge in [0.2, 0.25) is 15.9 Å². The Morgan fingerprint density at radius 2 is 1.96 bits per heavy atom. The molecule has 1 N–H and O–H groups in total. The van der Waals surface area contributed by atoms with E-state index in [1.54, 1.807) is 6.07 Å². The fraction of sp³-hybridized carbons (Fsp3) is 0.533. The average Bonchev–Trinajstić information content (AvgIpc) is 2.46. The highest BCUT2D eigenvalue weighted by atomic mass is 35.5. The Morgan fingerprint density at radius 1 is 1.26 bits per heavy atom. The summed E-state index contributed by atoms with van der Waals surface area (Å²) in [5.41, 5.74) is 0.278. The predicted octanol–water partition coefficient (Wildman–Crippen LogP) is 3.46. The van der Waals surface area contributed by atoms with Crippen molar-refractivity contribution in [3.63, 3.8) is 0 Å². The summed E-state index contributed by atoms with van der Waals surface area (Å²) in [6.07, 6.45) is 4.17. The Bertz CT molecular complexity index is 636. The fourth-order valence-corrected chi connectivity index (χ4v) is 3.40. The number of amides is 1. The number of hydrogen-bond donors (Lipinski definition) is 1. The van der Waals surface area contributed by atoms with E-state index in [4.69, 9.17) is 23.2 Å². The van der Waals surface area contributed by atoms with Crippen LogP contribution in [0.5, 0.6) is 0 Å². The number of anilines is 1. The number of unbranched alkanes of at least 4 members (excludes halogenated alkanes) is 2. The highest BCUT2D eigenvalue weighted by Gasteiger charge is 2.21. The molecule has 1 aromatic carbocycles. The van der Waals surface area contributed by atoms with Crippen LogP contribution in [0.2, 0.25) is 10.0 Å². The molecular formula is C15H22Cl2N2O3S. The topological polar surface area (TPSA) is 66.5 Å². The number of sulfonamides is 1. The van der Waals surface area contributed by atoms with Gasteiger partial charge in [0.1, 0.15) is 0 Å². The van der Waals surface area contributed by atoms with Gasteiger partial charge in [-0.3, -0.25) is 9.10 Å². The standard InChI is InChI=1S/C15H22Cl2N2O3S/c1-3-4-5-9-18-15(20)8-10-19(23(2,21)22)14-11-12(16)6-7-13(14)17/h6-7,11H,3-5,8-10H2,1-2H3,(H,18,20). The zero-order valence-electron chi connectivity index (χ0n) is 13.3. The first-order chi connectivity index (χ1) is 10.8. The van der Waals surface area contributed by atoms with Crippen LogP contribution in [-0.4, -0.2) is 33.7 Å². The van der Waals surface area contributed by atoms with Gasteiger partial charge in [0, 0.05) is 24.5 Å². The van der Waals surface area contributed by atoms with Gasteiger partial charge in [-0.1, -0.05) is 43.0 Å². The lowest BCUT2D eigenvalue weighted by atomic mass is 10.2. The smallest absolute Gasteiger partial charge is 0.232 e. The van der Waals surface area contributed by atoms with Crippen molar-refractivity contribution in [2.75, 3.05) is 23.7 Å². The SMILES string of the molecule is CCCCCNC(=O)CCN(c1cc(Cl)ccc1Cl)S(C)(=O)=O. The van der Waals surface area contributed by atoms with E-state index >= 15 is 0 Å². The highest BCUT2D eigenvalue weighted by molar-refractivity contribution is 7.92. The van der Waals surface area contributed by atoms with E-state index in [0.29, 0.717) is 11.6 Å². The van der Waals surface area contributed by atoms with Crippen LogP contribution in [0.1, 0.15) is 32.6 Å². The van der Waals surface area contributed by atoms with Crippen molar-refractivity contribution in [2.45, 2.75) is 32.6 Å². The Balaban J connectivity index is 2.74. The summed E-state index contributed by atoms with van der Waals surface area (Å²) in [4.78, 5) is 11.8. The first-order valence-corrected chi connectivity index (χ1v) is 10.1. The van der Waals surface area contributed by atoms with Gasteiger partial charge in [-0.05, 0) is 24.6 Å². The third-order valence-corrected chi connectivity index (χ3v) is 4.96. The van der Waals surface area contributed by atoms with E-state index in [1.165, 1.54) is 12.1 Å². The number of rotatable bonds is 9. The van der Waals surface area contributed by atoms with Crippen molar-refractivity contribution in [3.8, 4) is 0 Å². The van der Waals surface area contributed by atoms with Crippen molar-refractivity contribution < 1.29 is 13.2 Å². The molecule has 1 aromatic rings. The molecule has 130 valence electrons. The van der Waals surface area contributed by atoms with E-state index in [0.717, 1.165) is 29.8 Å². The minimum atomic E-state index is -3.57. The zero-order chi connectivity index (χ0) is 17.5. The summed E-state index contributed by atoms with van der Waals surface area (Å²) in [5, 5.41) is 3.43. The first kappa shape index (κ1) is 20.1. The van der Waals surface area contributed by atoms with Crippen LogP contribution < -0.4 is 9.62 Å². The van der Waals surface area contributed by atoms with Crippen LogP contribution in [-0.2, 0) is 14.8 Å². The highest BCUT2D eigenvalue weighted by Crippen LogP contribution is 2.30. The van der Waals surface area contributed by atoms with E-state index in [9.17, 15) is 13.2 Å². The molecule has 0 aliphatic carbocycles. The van der Waals surface area contributed by atoms with Crippen LogP contribution in [0.25, 0.3) is 0 Å². The van der Waals surface area contributed by atoms with Gasteiger partial charge < -0.3 is 5.32 Å². The van der Waals surface area contributed by atoms with Gasteiger partial charge in [0.15, 0.2) is 0 Å². The van der Waals surface area contributed by atoms with Crippen LogP contribution in [0.3, 0.4) is 0 Å². The number of hydrogen-bond acceptors (Lipinski definition) is 3. The maximum atomic E-state index is 12.0. The number of nitrogens with zero attached hydrogens (tertiary/aromatic N) is 1. The second kappa shape index (κ2) is 9.35. The van der Waals surface area contributed by atoms with Gasteiger partial charge in [-0.25, -0.2) is 8.42 Å². The predicted molar refractivity (Wildman–Crippen MR) is 95.8 cm³/mol. The van der Waals surface area contributed by atoms with Crippen LogP contribution in [0.15, 0.2) is 18.2 Å². The quantitative estimate of drug-likeness (QED) is 0.667. The van der Waals surface area contributed by atoms with Crippen LogP contribution >= 0.6 is 23.2 Å². The molecular weight excluding hydrogens is 359 g/mol. The summed E-state index contributed by atoms with van der Waals surface area (Å²) in [5.74, 6) is -0.187. The monoisotopic (exact) mass is 380 g/mol. The summed E-state index contributed by atoms with van der Waals surface area (Å²) >= 11 is 12.0. The molecule has 0 saturated heterocycles. The van der Waals surface area contributed by atoms with Crippen LogP contribution in [0.4, 0.5) is 5.69 Å². The Morgan fingerprint density at radius 3 is 2.57 bits per heavy atom. The Hall–Kier alpha value is -0.980. The molecule has 0 fully saturated rings. The normalized spacial score (nSPS) is 11.3. The lowest BCUT2D eigenvalue weighted by molar-refractivity contribution is -0.120. The third-order valence-electron chi connectivity index (χ3n) is 3.22. The van der Waals surface area contributed by atoms with E-state index in [2.05, 4.69) is 12.2 Å². The molecule has 0 saturated carbocycles. The van der Waals surface area contributed by atoms with Gasteiger partial charge in [-0.2, -0.15) is 0 Å². The maximum Gasteiger partial charge on any atom is 0.232 e. The first-order valence-electron chi connectivity index (χ1n) is 7.45. The molecule has 0 heterocycles. The summed E-state index contributed by atoms with van der Waals surface area (Å²) < 4.78 is 25.1. The molecule has 0 bridgehead atoms. The second-order valence-electron chi connectivity index (χ2n) is 5.24. The molecule has 8 heteroatoms. The molecule has 0 spiro atoms. The van der Waals surface area contributed by atoms with Crippen molar-refractivity contribution >= 4 is 44.8 Å². The second-order valence-corrected chi connectivity index (χ2v) is 7.99. The molecule has 5 nitrogen and oxygen atoms in total. The minimum Gasteiger partial charge on any atom is -0.356 e. The van der Waals surface area contributed by atoms with E-state index in [-0.39, 0.29) is 29.6 Å². The number of nitrogens with one attached hydrogen (secondary N) is 1. The van der Waals surface area contributed by atoms with E-state index in [1.807, 2.05) is 0 Å². The lowest BCUT2D eigenvalue weighted by Gasteiger charge is -2.23. The largest absolute Gasteiger partial charge is 0.356 e. The number of benzene rings is 1. The maximum absolute atomic E-state index is 12.0. The molecule has 0 aliphatic rings. The Labute approximate surface area is 148 Å². The molecule has 0 aromatic heterocycles. The lowest BCUT2D eigenvalue weighted by Crippen LogP contribution is -2.35. The molecule has 0 radical (unpaired) electrons. The number of carbonyl (C=O) groups excluding carboxylic acids is 1. The Kier molecular flexibility index (Phi) is 8.16. The van der Waals surface area contributed by atoms with Crippen molar-refractivity contribution in [3.05, 3.63) is 28.2 Å². The van der Waals surface area contributed by atoms with Gasteiger partial charge >= 0.3 is 0 Å². The molecule has 0 aliphatic heterocycles. The van der Waals surface area contributed by atoms with Crippen molar-refractivity contribution in [1.82, 2.24) is 5.32 Å².